The van der Waals surface area contributed by atoms with Crippen molar-refractivity contribution in [2.45, 2.75) is 20.4 Å². The van der Waals surface area contributed by atoms with Crippen LogP contribution < -0.4 is 11.5 Å². The Morgan fingerprint density at radius 1 is 1.07 bits per heavy atom. The first kappa shape index (κ1) is 11.2. The molecule has 0 aliphatic rings. The van der Waals surface area contributed by atoms with E-state index in [1.807, 2.05) is 24.3 Å². The third-order valence-corrected chi connectivity index (χ3v) is 1.75. The summed E-state index contributed by atoms with van der Waals surface area (Å²) in [6.07, 6.45) is 0. The minimum atomic E-state index is 0.554. The lowest BCUT2D eigenvalue weighted by atomic mass is 10.2. The van der Waals surface area contributed by atoms with Crippen LogP contribution in [-0.4, -0.2) is 11.7 Å². The van der Waals surface area contributed by atoms with E-state index in [4.69, 9.17) is 11.5 Å². The van der Waals surface area contributed by atoms with Crippen LogP contribution in [0, 0.1) is 0 Å². The van der Waals surface area contributed by atoms with E-state index in [9.17, 15) is 0 Å². The molecule has 0 amide bonds. The molecule has 0 radical (unpaired) electrons. The van der Waals surface area contributed by atoms with Gasteiger partial charge in [0.15, 0.2) is 0 Å². The third kappa shape index (κ3) is 4.26. The maximum Gasteiger partial charge on any atom is 0.0964 e. The van der Waals surface area contributed by atoms with Crippen molar-refractivity contribution in [2.24, 2.45) is 21.5 Å². The standard InChI is InChI=1S/C11H16N4/c1-8(12)14-7-10-3-5-11(6-4-10)15-9(2)13/h3-6H,7H2,1-2H3,(H2,12,14)(H2,13,15). The number of amidine groups is 2. The average molecular weight is 204 g/mol. The fourth-order valence-electron chi connectivity index (χ4n) is 1.10. The molecular weight excluding hydrogens is 188 g/mol. The predicted molar refractivity (Wildman–Crippen MR) is 64.4 cm³/mol. The molecule has 0 saturated carbocycles. The van der Waals surface area contributed by atoms with Gasteiger partial charge in [0.25, 0.3) is 0 Å². The molecule has 0 saturated heterocycles. The van der Waals surface area contributed by atoms with Crippen LogP contribution in [-0.2, 0) is 6.54 Å². The van der Waals surface area contributed by atoms with Crippen molar-refractivity contribution in [1.29, 1.82) is 0 Å². The predicted octanol–water partition coefficient (Wildman–Crippen LogP) is 1.57. The number of nitrogens with two attached hydrogens (primary N) is 2. The van der Waals surface area contributed by atoms with Gasteiger partial charge in [-0.05, 0) is 31.5 Å². The van der Waals surface area contributed by atoms with E-state index < -0.39 is 0 Å². The van der Waals surface area contributed by atoms with Crippen molar-refractivity contribution in [2.75, 3.05) is 0 Å². The molecule has 0 aliphatic carbocycles. The zero-order valence-electron chi connectivity index (χ0n) is 9.07. The summed E-state index contributed by atoms with van der Waals surface area (Å²) in [5, 5.41) is 0. The summed E-state index contributed by atoms with van der Waals surface area (Å²) in [4.78, 5) is 8.25. The van der Waals surface area contributed by atoms with Gasteiger partial charge in [0.05, 0.1) is 23.9 Å². The quantitative estimate of drug-likeness (QED) is 0.579. The number of hydrogen-bond donors (Lipinski definition) is 2. The monoisotopic (exact) mass is 204 g/mol. The van der Waals surface area contributed by atoms with E-state index in [2.05, 4.69) is 9.98 Å². The lowest BCUT2D eigenvalue weighted by Gasteiger charge is -1.99. The molecule has 0 bridgehead atoms. The SMILES string of the molecule is CC(N)=NCc1ccc(N=C(C)N)cc1. The molecule has 0 fully saturated rings. The summed E-state index contributed by atoms with van der Waals surface area (Å²) in [5.74, 6) is 1.15. The molecule has 0 atom stereocenters. The molecule has 0 aliphatic heterocycles. The Morgan fingerprint density at radius 3 is 2.13 bits per heavy atom. The smallest absolute Gasteiger partial charge is 0.0964 e. The lowest BCUT2D eigenvalue weighted by molar-refractivity contribution is 1.06. The van der Waals surface area contributed by atoms with Crippen LogP contribution in [0.1, 0.15) is 19.4 Å². The van der Waals surface area contributed by atoms with Crippen molar-refractivity contribution < 1.29 is 0 Å². The van der Waals surface area contributed by atoms with E-state index in [1.54, 1.807) is 13.8 Å². The van der Waals surface area contributed by atoms with Crippen LogP contribution in [0.2, 0.25) is 0 Å². The molecule has 0 spiro atoms. The highest BCUT2D eigenvalue weighted by Gasteiger charge is 1.92. The number of rotatable bonds is 3. The van der Waals surface area contributed by atoms with Crippen molar-refractivity contribution in [3.8, 4) is 0 Å². The van der Waals surface area contributed by atoms with Gasteiger partial charge >= 0.3 is 0 Å². The highest BCUT2D eigenvalue weighted by atomic mass is 14.8. The van der Waals surface area contributed by atoms with Gasteiger partial charge in [-0.1, -0.05) is 12.1 Å². The summed E-state index contributed by atoms with van der Waals surface area (Å²) in [6, 6.07) is 7.75. The molecule has 15 heavy (non-hydrogen) atoms. The van der Waals surface area contributed by atoms with Crippen molar-refractivity contribution >= 4 is 17.4 Å². The van der Waals surface area contributed by atoms with Crippen LogP contribution in [0.5, 0.6) is 0 Å². The van der Waals surface area contributed by atoms with Gasteiger partial charge in [0, 0.05) is 0 Å². The maximum atomic E-state index is 5.47. The minimum absolute atomic E-state index is 0.554. The van der Waals surface area contributed by atoms with E-state index in [0.29, 0.717) is 18.2 Å². The van der Waals surface area contributed by atoms with Crippen LogP contribution >= 0.6 is 0 Å². The van der Waals surface area contributed by atoms with Gasteiger partial charge in [-0.3, -0.25) is 4.99 Å². The summed E-state index contributed by atoms with van der Waals surface area (Å²) in [5.41, 5.74) is 12.9. The molecule has 0 unspecified atom stereocenters. The Balaban J connectivity index is 2.73. The first-order chi connectivity index (χ1) is 7.08. The average Bonchev–Trinajstić information content (AvgIpc) is 2.16. The van der Waals surface area contributed by atoms with Crippen LogP contribution in [0.3, 0.4) is 0 Å². The molecule has 4 N–H and O–H groups in total. The topological polar surface area (TPSA) is 76.8 Å². The molecule has 0 aromatic heterocycles. The zero-order chi connectivity index (χ0) is 11.3. The van der Waals surface area contributed by atoms with Crippen LogP contribution in [0.15, 0.2) is 34.3 Å². The highest BCUT2D eigenvalue weighted by molar-refractivity contribution is 5.80. The Hall–Kier alpha value is -1.84. The summed E-state index contributed by atoms with van der Waals surface area (Å²) in [7, 11) is 0. The molecule has 4 heteroatoms. The van der Waals surface area contributed by atoms with Gasteiger partial charge in [-0.2, -0.15) is 0 Å². The van der Waals surface area contributed by atoms with Gasteiger partial charge in [-0.25, -0.2) is 4.99 Å². The second-order valence-electron chi connectivity index (χ2n) is 3.38. The van der Waals surface area contributed by atoms with Gasteiger partial charge < -0.3 is 11.5 Å². The van der Waals surface area contributed by atoms with E-state index >= 15 is 0 Å². The third-order valence-electron chi connectivity index (χ3n) is 1.75. The Labute approximate surface area is 89.7 Å². The fraction of sp³-hybridized carbons (Fsp3) is 0.273. The van der Waals surface area contributed by atoms with Gasteiger partial charge in [-0.15, -0.1) is 0 Å². The lowest BCUT2D eigenvalue weighted by Crippen LogP contribution is -2.05. The summed E-state index contributed by atoms with van der Waals surface area (Å²) in [6.45, 7) is 4.14. The molecule has 1 aromatic rings. The van der Waals surface area contributed by atoms with Crippen LogP contribution in [0.25, 0.3) is 0 Å². The fourth-order valence-corrected chi connectivity index (χ4v) is 1.10. The second kappa shape index (κ2) is 5.14. The van der Waals surface area contributed by atoms with Crippen molar-refractivity contribution in [3.63, 3.8) is 0 Å². The highest BCUT2D eigenvalue weighted by Crippen LogP contribution is 2.13. The van der Waals surface area contributed by atoms with E-state index in [1.165, 1.54) is 0 Å². The van der Waals surface area contributed by atoms with E-state index in [0.717, 1.165) is 11.3 Å². The summed E-state index contributed by atoms with van der Waals surface area (Å²) >= 11 is 0. The second-order valence-corrected chi connectivity index (χ2v) is 3.38. The summed E-state index contributed by atoms with van der Waals surface area (Å²) < 4.78 is 0. The first-order valence-electron chi connectivity index (χ1n) is 4.74. The number of hydrogen-bond acceptors (Lipinski definition) is 2. The van der Waals surface area contributed by atoms with Crippen molar-refractivity contribution in [3.05, 3.63) is 29.8 Å². The van der Waals surface area contributed by atoms with Gasteiger partial charge in [0.2, 0.25) is 0 Å². The van der Waals surface area contributed by atoms with Crippen molar-refractivity contribution in [1.82, 2.24) is 0 Å². The number of nitrogens with zero attached hydrogens (tertiary/aromatic N) is 2. The molecule has 80 valence electrons. The number of benzene rings is 1. The zero-order valence-corrected chi connectivity index (χ0v) is 9.07. The normalized spacial score (nSPS) is 12.9. The molecular formula is C11H16N4. The minimum Gasteiger partial charge on any atom is -0.388 e. The molecule has 1 aromatic carbocycles. The van der Waals surface area contributed by atoms with Gasteiger partial charge in [0.1, 0.15) is 0 Å². The Morgan fingerprint density at radius 2 is 1.67 bits per heavy atom. The molecule has 0 heterocycles. The number of aliphatic imine (C=N–C) groups is 2. The molecule has 1 rings (SSSR count). The molecule has 4 nitrogen and oxygen atoms in total. The maximum absolute atomic E-state index is 5.47. The largest absolute Gasteiger partial charge is 0.388 e. The van der Waals surface area contributed by atoms with E-state index in [-0.39, 0.29) is 0 Å². The first-order valence-corrected chi connectivity index (χ1v) is 4.74. The van der Waals surface area contributed by atoms with Crippen LogP contribution in [0.4, 0.5) is 5.69 Å². The Kier molecular flexibility index (Phi) is 3.85. The Bertz CT molecular complexity index is 368.